The van der Waals surface area contributed by atoms with Gasteiger partial charge in [-0.2, -0.15) is 0 Å². The van der Waals surface area contributed by atoms with E-state index in [0.29, 0.717) is 23.0 Å². The van der Waals surface area contributed by atoms with E-state index in [-0.39, 0.29) is 11.7 Å². The van der Waals surface area contributed by atoms with Crippen LogP contribution in [-0.4, -0.2) is 25.5 Å². The quantitative estimate of drug-likeness (QED) is 0.597. The highest BCUT2D eigenvalue weighted by Crippen LogP contribution is 2.23. The van der Waals surface area contributed by atoms with Gasteiger partial charge in [0, 0.05) is 18.1 Å². The van der Waals surface area contributed by atoms with E-state index < -0.39 is 0 Å². The predicted molar refractivity (Wildman–Crippen MR) is 100 cm³/mol. The first-order valence-corrected chi connectivity index (χ1v) is 8.32. The molecule has 0 aliphatic carbocycles. The molecule has 0 bridgehead atoms. The summed E-state index contributed by atoms with van der Waals surface area (Å²) in [5.41, 5.74) is 3.83. The first-order chi connectivity index (χ1) is 12.5. The van der Waals surface area contributed by atoms with E-state index in [9.17, 15) is 9.90 Å². The third-order valence-electron chi connectivity index (χ3n) is 4.45. The Hall–Kier alpha value is -3.41. The number of hydrogen-bond acceptors (Lipinski definition) is 4. The number of nitrogens with one attached hydrogen (secondary N) is 1. The molecule has 6 heteroatoms. The number of amides is 1. The van der Waals surface area contributed by atoms with Crippen molar-refractivity contribution < 1.29 is 9.90 Å². The molecule has 2 aromatic carbocycles. The van der Waals surface area contributed by atoms with Crippen molar-refractivity contribution in [1.29, 1.82) is 0 Å². The average molecular weight is 346 g/mol. The summed E-state index contributed by atoms with van der Waals surface area (Å²) in [7, 11) is 1.93. The van der Waals surface area contributed by atoms with E-state index >= 15 is 0 Å². The highest BCUT2D eigenvalue weighted by atomic mass is 16.3. The molecule has 0 saturated heterocycles. The number of hydrogen-bond donors (Lipinski definition) is 2. The number of carbonyl (C=O) groups excluding carboxylic acids is 1. The van der Waals surface area contributed by atoms with Crippen LogP contribution in [0.25, 0.3) is 21.9 Å². The summed E-state index contributed by atoms with van der Waals surface area (Å²) in [6, 6.07) is 14.4. The number of benzene rings is 2. The van der Waals surface area contributed by atoms with Crippen molar-refractivity contribution in [3.8, 4) is 5.75 Å². The molecular weight excluding hydrogens is 328 g/mol. The summed E-state index contributed by atoms with van der Waals surface area (Å²) >= 11 is 0. The predicted octanol–water partition coefficient (Wildman–Crippen LogP) is 3.07. The van der Waals surface area contributed by atoms with Gasteiger partial charge >= 0.3 is 0 Å². The number of phenols is 1. The number of aromatic hydroxyl groups is 1. The van der Waals surface area contributed by atoms with Crippen molar-refractivity contribution in [2.45, 2.75) is 13.5 Å². The van der Waals surface area contributed by atoms with Crippen LogP contribution in [0.3, 0.4) is 0 Å². The van der Waals surface area contributed by atoms with Crippen LogP contribution in [-0.2, 0) is 13.6 Å². The summed E-state index contributed by atoms with van der Waals surface area (Å²) in [5, 5.41) is 13.3. The van der Waals surface area contributed by atoms with Gasteiger partial charge in [0.15, 0.2) is 0 Å². The first kappa shape index (κ1) is 16.1. The molecule has 0 fully saturated rings. The monoisotopic (exact) mass is 346 g/mol. The molecule has 4 rings (SSSR count). The van der Waals surface area contributed by atoms with Crippen molar-refractivity contribution >= 4 is 27.8 Å². The molecule has 0 unspecified atom stereocenters. The zero-order valence-electron chi connectivity index (χ0n) is 14.5. The van der Waals surface area contributed by atoms with E-state index in [0.717, 1.165) is 22.6 Å². The standard InChI is InChI=1S/C20H18N4O2/c1-12-9-15(14-10-13(25)7-8-16(14)22-12)20(26)21-11-19-23-17-5-3-4-6-18(17)24(19)2/h3-10,25H,11H2,1-2H3,(H,21,26). The number of imidazole rings is 1. The third kappa shape index (κ3) is 2.75. The van der Waals surface area contributed by atoms with Gasteiger partial charge in [-0.1, -0.05) is 12.1 Å². The topological polar surface area (TPSA) is 80.0 Å². The number of pyridine rings is 1. The van der Waals surface area contributed by atoms with E-state index in [1.54, 1.807) is 24.3 Å². The molecule has 26 heavy (non-hydrogen) atoms. The number of aromatic nitrogens is 3. The maximum atomic E-state index is 12.8. The summed E-state index contributed by atoms with van der Waals surface area (Å²) < 4.78 is 1.97. The fraction of sp³-hybridized carbons (Fsp3) is 0.150. The van der Waals surface area contributed by atoms with Crippen LogP contribution in [0.15, 0.2) is 48.5 Å². The Bertz CT molecular complexity index is 1150. The Kier molecular flexibility index (Phi) is 3.80. The number of carbonyl (C=O) groups is 1. The highest BCUT2D eigenvalue weighted by molar-refractivity contribution is 6.06. The molecule has 0 spiro atoms. The van der Waals surface area contributed by atoms with Gasteiger partial charge in [0.2, 0.25) is 0 Å². The van der Waals surface area contributed by atoms with Crippen LogP contribution in [0.1, 0.15) is 21.9 Å². The van der Waals surface area contributed by atoms with Crippen LogP contribution in [0, 0.1) is 6.92 Å². The van der Waals surface area contributed by atoms with E-state index in [2.05, 4.69) is 15.3 Å². The van der Waals surface area contributed by atoms with Gasteiger partial charge in [-0.15, -0.1) is 0 Å². The molecular formula is C20H18N4O2. The van der Waals surface area contributed by atoms with Crippen molar-refractivity contribution in [1.82, 2.24) is 19.9 Å². The number of para-hydroxylation sites is 2. The van der Waals surface area contributed by atoms with Gasteiger partial charge in [-0.3, -0.25) is 9.78 Å². The highest BCUT2D eigenvalue weighted by Gasteiger charge is 2.14. The molecule has 0 atom stereocenters. The SMILES string of the molecule is Cc1cc(C(=O)NCc2nc3ccccc3n2C)c2cc(O)ccc2n1. The van der Waals surface area contributed by atoms with Crippen molar-refractivity contribution in [2.75, 3.05) is 0 Å². The second-order valence-corrected chi connectivity index (χ2v) is 6.27. The van der Waals surface area contributed by atoms with Gasteiger partial charge in [-0.05, 0) is 43.3 Å². The Morgan fingerprint density at radius 1 is 1.12 bits per heavy atom. The Morgan fingerprint density at radius 3 is 2.73 bits per heavy atom. The summed E-state index contributed by atoms with van der Waals surface area (Å²) in [6.45, 7) is 2.15. The van der Waals surface area contributed by atoms with Gasteiger partial charge in [0.25, 0.3) is 5.91 Å². The third-order valence-corrected chi connectivity index (χ3v) is 4.45. The minimum atomic E-state index is -0.224. The summed E-state index contributed by atoms with van der Waals surface area (Å²) in [4.78, 5) is 21.7. The molecule has 0 radical (unpaired) electrons. The molecule has 2 N–H and O–H groups in total. The second kappa shape index (κ2) is 6.15. The Morgan fingerprint density at radius 2 is 1.92 bits per heavy atom. The fourth-order valence-corrected chi connectivity index (χ4v) is 3.14. The average Bonchev–Trinajstić information content (AvgIpc) is 2.95. The number of phenolic OH excluding ortho intramolecular Hbond substituents is 1. The normalized spacial score (nSPS) is 11.2. The smallest absolute Gasteiger partial charge is 0.252 e. The summed E-state index contributed by atoms with van der Waals surface area (Å²) in [6.07, 6.45) is 0. The van der Waals surface area contributed by atoms with Crippen LogP contribution in [0.5, 0.6) is 5.75 Å². The fourth-order valence-electron chi connectivity index (χ4n) is 3.14. The van der Waals surface area contributed by atoms with Crippen LogP contribution < -0.4 is 5.32 Å². The number of aryl methyl sites for hydroxylation is 2. The molecule has 2 heterocycles. The Balaban J connectivity index is 1.65. The first-order valence-electron chi connectivity index (χ1n) is 8.32. The van der Waals surface area contributed by atoms with Gasteiger partial charge < -0.3 is 15.0 Å². The molecule has 0 saturated carbocycles. The van der Waals surface area contributed by atoms with Gasteiger partial charge in [0.1, 0.15) is 11.6 Å². The molecule has 2 aromatic heterocycles. The van der Waals surface area contributed by atoms with Crippen LogP contribution >= 0.6 is 0 Å². The number of rotatable bonds is 3. The lowest BCUT2D eigenvalue weighted by Gasteiger charge is -2.09. The number of nitrogens with zero attached hydrogens (tertiary/aromatic N) is 3. The van der Waals surface area contributed by atoms with E-state index in [1.165, 1.54) is 0 Å². The number of fused-ring (bicyclic) bond motifs is 2. The zero-order valence-corrected chi connectivity index (χ0v) is 14.5. The largest absolute Gasteiger partial charge is 0.508 e. The van der Waals surface area contributed by atoms with Crippen LogP contribution in [0.2, 0.25) is 0 Å². The van der Waals surface area contributed by atoms with E-state index in [1.807, 2.05) is 42.8 Å². The lowest BCUT2D eigenvalue weighted by molar-refractivity contribution is 0.0951. The molecule has 6 nitrogen and oxygen atoms in total. The van der Waals surface area contributed by atoms with Crippen molar-refractivity contribution in [3.63, 3.8) is 0 Å². The van der Waals surface area contributed by atoms with Gasteiger partial charge in [0.05, 0.1) is 28.7 Å². The second-order valence-electron chi connectivity index (χ2n) is 6.27. The molecule has 130 valence electrons. The van der Waals surface area contributed by atoms with Crippen LogP contribution in [0.4, 0.5) is 0 Å². The zero-order chi connectivity index (χ0) is 18.3. The molecule has 0 aliphatic heterocycles. The lowest BCUT2D eigenvalue weighted by atomic mass is 10.1. The Labute approximate surface area is 150 Å². The molecule has 0 aliphatic rings. The summed E-state index contributed by atoms with van der Waals surface area (Å²) in [5.74, 6) is 0.656. The van der Waals surface area contributed by atoms with Crippen molar-refractivity contribution in [3.05, 3.63) is 65.6 Å². The maximum absolute atomic E-state index is 12.8. The lowest BCUT2D eigenvalue weighted by Crippen LogP contribution is -2.24. The molecule has 4 aromatic rings. The van der Waals surface area contributed by atoms with E-state index in [4.69, 9.17) is 0 Å². The maximum Gasteiger partial charge on any atom is 0.252 e. The minimum Gasteiger partial charge on any atom is -0.508 e. The van der Waals surface area contributed by atoms with Crippen molar-refractivity contribution in [2.24, 2.45) is 7.05 Å². The van der Waals surface area contributed by atoms with Gasteiger partial charge in [-0.25, -0.2) is 4.98 Å². The minimum absolute atomic E-state index is 0.104. The molecule has 1 amide bonds.